The summed E-state index contributed by atoms with van der Waals surface area (Å²) >= 11 is 0. The Morgan fingerprint density at radius 1 is 1.21 bits per heavy atom. The summed E-state index contributed by atoms with van der Waals surface area (Å²) in [5.74, 6) is 1.43. The highest BCUT2D eigenvalue weighted by molar-refractivity contribution is 5.98. The molecule has 4 heterocycles. The van der Waals surface area contributed by atoms with E-state index in [9.17, 15) is 14.4 Å². The number of carbonyl (C=O) groups is 3. The maximum atomic E-state index is 14.2. The van der Waals surface area contributed by atoms with Crippen LogP contribution in [0.15, 0.2) is 29.0 Å². The number of rotatable bonds is 9. The molecule has 2 fully saturated rings. The number of aromatic nitrogens is 2. The average Bonchev–Trinajstić information content (AvgIpc) is 3.48. The summed E-state index contributed by atoms with van der Waals surface area (Å²) in [6.45, 7) is 13.4. The minimum atomic E-state index is -0.304. The van der Waals surface area contributed by atoms with Gasteiger partial charge in [0.1, 0.15) is 23.0 Å². The van der Waals surface area contributed by atoms with Crippen molar-refractivity contribution >= 4 is 23.7 Å². The molecule has 4 rings (SSSR count). The third kappa shape index (κ3) is 7.99. The molecule has 0 radical (unpaired) electrons. The third-order valence-corrected chi connectivity index (χ3v) is 7.80. The van der Waals surface area contributed by atoms with E-state index in [0.29, 0.717) is 75.7 Å². The van der Waals surface area contributed by atoms with E-state index in [4.69, 9.17) is 15.1 Å². The first-order valence-electron chi connectivity index (χ1n) is 14.9. The van der Waals surface area contributed by atoms with Crippen LogP contribution < -0.4 is 21.7 Å². The number of nitrogens with two attached hydrogens (primary N) is 1. The van der Waals surface area contributed by atoms with E-state index in [0.717, 1.165) is 5.76 Å². The molecule has 12 nitrogen and oxygen atoms in total. The predicted octanol–water partition coefficient (Wildman–Crippen LogP) is 2.71. The summed E-state index contributed by atoms with van der Waals surface area (Å²) < 4.78 is 5.48. The van der Waals surface area contributed by atoms with E-state index >= 15 is 0 Å². The van der Waals surface area contributed by atoms with Crippen LogP contribution in [0.4, 0.5) is 10.6 Å². The van der Waals surface area contributed by atoms with Gasteiger partial charge >= 0.3 is 6.03 Å². The second-order valence-corrected chi connectivity index (χ2v) is 12.8. The Hall–Kier alpha value is -3.67. The molecular formula is C30H46N8O4. The van der Waals surface area contributed by atoms with Crippen LogP contribution in [-0.4, -0.2) is 82.4 Å². The smallest absolute Gasteiger partial charge is 0.317 e. The summed E-state index contributed by atoms with van der Waals surface area (Å²) in [7, 11) is 0. The zero-order chi connectivity index (χ0) is 30.4. The van der Waals surface area contributed by atoms with Crippen LogP contribution in [0.25, 0.3) is 0 Å². The maximum absolute atomic E-state index is 14.2. The number of carbonyl (C=O) groups excluding carboxylic acids is 3. The summed E-state index contributed by atoms with van der Waals surface area (Å²) in [5.41, 5.74) is 5.55. The number of nitrogens with zero attached hydrogens (tertiary/aromatic N) is 4. The second-order valence-electron chi connectivity index (χ2n) is 12.8. The Balaban J connectivity index is 1.50. The molecule has 5 N–H and O–H groups in total. The molecule has 2 aromatic rings. The monoisotopic (exact) mass is 582 g/mol. The SMILES string of the molecule is CC(C)CN(C(=O)c1cnc(C(C)(C)C)nc1NCc1ccco1)[C@@H]1CNC[C@H](NC(=O)N2CCC(C(N)=O)CC2)C1. The lowest BCUT2D eigenvalue weighted by atomic mass is 9.95. The molecule has 12 heteroatoms. The normalized spacial score (nSPS) is 19.9. The van der Waals surface area contributed by atoms with Crippen molar-refractivity contribution in [3.8, 4) is 0 Å². The van der Waals surface area contributed by atoms with E-state index in [2.05, 4.69) is 34.8 Å². The molecular weight excluding hydrogens is 536 g/mol. The molecule has 2 saturated heterocycles. The van der Waals surface area contributed by atoms with Gasteiger partial charge in [-0.3, -0.25) is 9.59 Å². The first-order chi connectivity index (χ1) is 19.9. The minimum absolute atomic E-state index is 0.139. The van der Waals surface area contributed by atoms with E-state index in [1.54, 1.807) is 17.4 Å². The molecule has 2 aliphatic rings. The standard InChI is InChI=1S/C30H46N8O4/c1-19(2)18-38(22-13-21(14-32-15-22)35-29(41)37-10-8-20(9-11-37)25(31)39)27(40)24-17-34-28(30(3,4)5)36-26(24)33-16-23-7-6-12-42-23/h6-7,12,17,19-22,32H,8-11,13-16,18H2,1-5H3,(H2,31,39)(H,35,41)(H,33,34,36)/t21-,22+/m1/s1. The van der Waals surface area contributed by atoms with Gasteiger partial charge in [0.2, 0.25) is 5.91 Å². The van der Waals surface area contributed by atoms with Crippen molar-refractivity contribution in [2.45, 2.75) is 77.9 Å². The number of amides is 4. The molecule has 0 spiro atoms. The van der Waals surface area contributed by atoms with Gasteiger partial charge in [0.05, 0.1) is 12.8 Å². The summed E-state index contributed by atoms with van der Waals surface area (Å²) in [4.78, 5) is 51.7. The molecule has 2 aromatic heterocycles. The van der Waals surface area contributed by atoms with E-state index in [-0.39, 0.29) is 47.2 Å². The second kappa shape index (κ2) is 13.5. The highest BCUT2D eigenvalue weighted by atomic mass is 16.3. The Kier molecular flexibility index (Phi) is 10.1. The van der Waals surface area contributed by atoms with Gasteiger partial charge in [-0.15, -0.1) is 0 Å². The number of nitrogens with one attached hydrogen (secondary N) is 3. The van der Waals surface area contributed by atoms with Crippen LogP contribution in [-0.2, 0) is 16.8 Å². The molecule has 230 valence electrons. The first kappa shape index (κ1) is 31.3. The van der Waals surface area contributed by atoms with Crippen molar-refractivity contribution in [1.82, 2.24) is 30.4 Å². The number of piperidine rings is 2. The number of urea groups is 1. The fraction of sp³-hybridized carbons (Fsp3) is 0.633. The number of anilines is 1. The average molecular weight is 583 g/mol. The van der Waals surface area contributed by atoms with E-state index in [1.807, 2.05) is 37.8 Å². The van der Waals surface area contributed by atoms with Gasteiger partial charge in [-0.1, -0.05) is 34.6 Å². The molecule has 0 aliphatic carbocycles. The number of hydrogen-bond acceptors (Lipinski definition) is 8. The van der Waals surface area contributed by atoms with Crippen molar-refractivity contribution in [1.29, 1.82) is 0 Å². The number of furan rings is 1. The van der Waals surface area contributed by atoms with Crippen LogP contribution >= 0.6 is 0 Å². The Labute approximate surface area is 248 Å². The predicted molar refractivity (Wildman–Crippen MR) is 160 cm³/mol. The molecule has 2 aliphatic heterocycles. The Morgan fingerprint density at radius 3 is 2.57 bits per heavy atom. The van der Waals surface area contributed by atoms with E-state index in [1.165, 1.54) is 0 Å². The zero-order valence-electron chi connectivity index (χ0n) is 25.5. The van der Waals surface area contributed by atoms with Gasteiger partial charge in [-0.25, -0.2) is 14.8 Å². The highest BCUT2D eigenvalue weighted by Gasteiger charge is 2.34. The van der Waals surface area contributed by atoms with Crippen molar-refractivity contribution in [2.75, 3.05) is 38.0 Å². The first-order valence-corrected chi connectivity index (χ1v) is 14.9. The van der Waals surface area contributed by atoms with Crippen molar-refractivity contribution in [2.24, 2.45) is 17.6 Å². The number of likely N-dealkylation sites (tertiary alicyclic amines) is 1. The van der Waals surface area contributed by atoms with Gasteiger partial charge in [0.25, 0.3) is 5.91 Å². The van der Waals surface area contributed by atoms with Gasteiger partial charge < -0.3 is 35.9 Å². The summed E-state index contributed by atoms with van der Waals surface area (Å²) in [6, 6.07) is 3.25. The molecule has 0 bridgehead atoms. The van der Waals surface area contributed by atoms with Crippen LogP contribution in [0, 0.1) is 11.8 Å². The van der Waals surface area contributed by atoms with Crippen LogP contribution in [0.3, 0.4) is 0 Å². The molecule has 0 aromatic carbocycles. The minimum Gasteiger partial charge on any atom is -0.467 e. The zero-order valence-corrected chi connectivity index (χ0v) is 25.5. The summed E-state index contributed by atoms with van der Waals surface area (Å²) in [6.07, 6.45) is 5.01. The lowest BCUT2D eigenvalue weighted by Crippen LogP contribution is -2.59. The number of hydrogen-bond donors (Lipinski definition) is 4. The Morgan fingerprint density at radius 2 is 1.95 bits per heavy atom. The fourth-order valence-corrected chi connectivity index (χ4v) is 5.46. The third-order valence-electron chi connectivity index (χ3n) is 7.80. The number of primary amides is 1. The van der Waals surface area contributed by atoms with Crippen molar-refractivity contribution in [3.63, 3.8) is 0 Å². The van der Waals surface area contributed by atoms with Gasteiger partial charge in [-0.2, -0.15) is 0 Å². The lowest BCUT2D eigenvalue weighted by Gasteiger charge is -2.40. The van der Waals surface area contributed by atoms with Crippen LogP contribution in [0.2, 0.25) is 0 Å². The van der Waals surface area contributed by atoms with Gasteiger partial charge in [0, 0.05) is 62.3 Å². The van der Waals surface area contributed by atoms with Crippen molar-refractivity contribution < 1.29 is 18.8 Å². The molecule has 0 unspecified atom stereocenters. The quantitative estimate of drug-likeness (QED) is 0.351. The highest BCUT2D eigenvalue weighted by Crippen LogP contribution is 2.25. The van der Waals surface area contributed by atoms with Crippen molar-refractivity contribution in [3.05, 3.63) is 41.7 Å². The molecule has 0 saturated carbocycles. The van der Waals surface area contributed by atoms with Gasteiger partial charge in [0.15, 0.2) is 0 Å². The van der Waals surface area contributed by atoms with Crippen LogP contribution in [0.5, 0.6) is 0 Å². The van der Waals surface area contributed by atoms with Crippen LogP contribution in [0.1, 0.15) is 75.8 Å². The molecule has 4 amide bonds. The summed E-state index contributed by atoms with van der Waals surface area (Å²) in [5, 5.41) is 9.86. The molecule has 2 atom stereocenters. The lowest BCUT2D eigenvalue weighted by molar-refractivity contribution is -0.123. The van der Waals surface area contributed by atoms with E-state index < -0.39 is 0 Å². The fourth-order valence-electron chi connectivity index (χ4n) is 5.46. The largest absolute Gasteiger partial charge is 0.467 e. The Bertz CT molecular complexity index is 1220. The van der Waals surface area contributed by atoms with Gasteiger partial charge in [-0.05, 0) is 37.3 Å². The molecule has 42 heavy (non-hydrogen) atoms. The topological polar surface area (TPSA) is 159 Å². The maximum Gasteiger partial charge on any atom is 0.317 e.